The van der Waals surface area contributed by atoms with E-state index in [0.717, 1.165) is 34.0 Å². The molecule has 1 aromatic carbocycles. The first-order chi connectivity index (χ1) is 17.7. The molecule has 5 rings (SSSR count). The van der Waals surface area contributed by atoms with E-state index in [9.17, 15) is 14.4 Å². The van der Waals surface area contributed by atoms with Gasteiger partial charge < -0.3 is 30.3 Å². The van der Waals surface area contributed by atoms with E-state index >= 15 is 0 Å². The first-order valence-corrected chi connectivity index (χ1v) is 11.4. The zero-order chi connectivity index (χ0) is 28.1. The van der Waals surface area contributed by atoms with E-state index < -0.39 is 37.0 Å². The van der Waals surface area contributed by atoms with Crippen molar-refractivity contribution in [3.05, 3.63) is 41.6 Å². The number of fused-ring (bicyclic) bond motifs is 2. The second kappa shape index (κ2) is 9.44. The Balaban J connectivity index is 0.000000289. The number of H-pyrrole nitrogens is 1. The molecule has 10 nitrogen and oxygen atoms in total. The van der Waals surface area contributed by atoms with E-state index in [4.69, 9.17) is 24.5 Å². The summed E-state index contributed by atoms with van der Waals surface area (Å²) in [5.74, 6) is -3.91. The van der Waals surface area contributed by atoms with Crippen LogP contribution in [0.15, 0.2) is 30.5 Å². The smallest absolute Gasteiger partial charge is 0.335 e. The normalized spacial score (nSPS) is 28.6. The van der Waals surface area contributed by atoms with Gasteiger partial charge in [-0.25, -0.2) is 9.59 Å². The maximum atomic E-state index is 13.3. The standard InChI is InChI=1S/C21H25N3O.C4H6O6/c1-12-7-13(2)24(12)21(25)15-8-17-16-5-4-6-18-20(16)14(10-22-18)9-19(17)23(3)11-15;5-1(3(7)8)2(6)4(9)10/h4-6,8,10,12-13,15,19,22H,7,9,11H2,1-3H3;1-2,5-6H,(H,7,8)(H,9,10)/t12-,13-,15+,19+;1-,2-/m01/s1/i3D3;. The minimum Gasteiger partial charge on any atom is -0.479 e. The number of nitrogens with one attached hydrogen (secondary N) is 1. The zero-order valence-electron chi connectivity index (χ0n) is 22.4. The fourth-order valence-corrected chi connectivity index (χ4v) is 5.31. The van der Waals surface area contributed by atoms with Crippen molar-refractivity contribution in [1.29, 1.82) is 0 Å². The number of rotatable bonds is 4. The Labute approximate surface area is 206 Å². The van der Waals surface area contributed by atoms with Crippen molar-refractivity contribution < 1.29 is 38.9 Å². The lowest BCUT2D eigenvalue weighted by Crippen LogP contribution is -2.59. The quantitative estimate of drug-likeness (QED) is 0.426. The fourth-order valence-electron chi connectivity index (χ4n) is 5.31. The number of aromatic amines is 1. The predicted molar refractivity (Wildman–Crippen MR) is 128 cm³/mol. The Kier molecular flexibility index (Phi) is 5.69. The van der Waals surface area contributed by atoms with Crippen molar-refractivity contribution in [3.63, 3.8) is 0 Å². The summed E-state index contributed by atoms with van der Waals surface area (Å²) in [5, 5.41) is 33.7. The van der Waals surface area contributed by atoms with Gasteiger partial charge in [0, 0.05) is 45.9 Å². The number of hydrogen-bond donors (Lipinski definition) is 5. The highest BCUT2D eigenvalue weighted by Gasteiger charge is 2.42. The largest absolute Gasteiger partial charge is 0.479 e. The number of carbonyl (C=O) groups excluding carboxylic acids is 1. The van der Waals surface area contributed by atoms with Crippen molar-refractivity contribution in [2.45, 2.75) is 57.0 Å². The minimum absolute atomic E-state index is 0.0542. The van der Waals surface area contributed by atoms with Gasteiger partial charge in [-0.15, -0.1) is 0 Å². The van der Waals surface area contributed by atoms with Crippen LogP contribution in [0, 0.1) is 5.92 Å². The van der Waals surface area contributed by atoms with Gasteiger partial charge in [0.2, 0.25) is 5.91 Å². The molecule has 0 unspecified atom stereocenters. The first-order valence-electron chi connectivity index (χ1n) is 12.9. The number of aliphatic hydroxyl groups excluding tert-OH is 2. The van der Waals surface area contributed by atoms with Crippen LogP contribution in [-0.2, 0) is 20.8 Å². The summed E-state index contributed by atoms with van der Waals surface area (Å²) < 4.78 is 24.4. The molecule has 1 saturated heterocycles. The van der Waals surface area contributed by atoms with Crippen LogP contribution in [0.1, 0.15) is 35.5 Å². The third-order valence-electron chi connectivity index (χ3n) is 7.03. The van der Waals surface area contributed by atoms with Crippen molar-refractivity contribution in [1.82, 2.24) is 14.8 Å². The molecule has 0 spiro atoms. The lowest BCUT2D eigenvalue weighted by molar-refractivity contribution is -0.165. The molecule has 3 aliphatic rings. The van der Waals surface area contributed by atoms with Gasteiger partial charge in [0.15, 0.2) is 12.2 Å². The number of aliphatic hydroxyl groups is 2. The average Bonchev–Trinajstić information content (AvgIpc) is 3.26. The molecule has 10 heteroatoms. The van der Waals surface area contributed by atoms with E-state index in [2.05, 4.69) is 31.0 Å². The Morgan fingerprint density at radius 2 is 1.77 bits per heavy atom. The van der Waals surface area contributed by atoms with E-state index in [0.29, 0.717) is 6.42 Å². The summed E-state index contributed by atoms with van der Waals surface area (Å²) in [4.78, 5) is 39.6. The molecule has 1 aliphatic carbocycles. The van der Waals surface area contributed by atoms with Gasteiger partial charge in [-0.05, 0) is 56.4 Å². The van der Waals surface area contributed by atoms with Gasteiger partial charge in [0.25, 0.3) is 0 Å². The molecule has 35 heavy (non-hydrogen) atoms. The monoisotopic (exact) mass is 488 g/mol. The first kappa shape index (κ1) is 21.1. The highest BCUT2D eigenvalue weighted by molar-refractivity contribution is 5.99. The Hall–Kier alpha value is -3.21. The van der Waals surface area contributed by atoms with Crippen LogP contribution < -0.4 is 0 Å². The molecule has 1 fully saturated rings. The van der Waals surface area contributed by atoms with Crippen LogP contribution in [0.2, 0.25) is 0 Å². The van der Waals surface area contributed by atoms with E-state index in [-0.39, 0.29) is 30.6 Å². The van der Waals surface area contributed by atoms with Gasteiger partial charge in [-0.3, -0.25) is 9.69 Å². The van der Waals surface area contributed by atoms with Crippen LogP contribution >= 0.6 is 0 Å². The molecule has 188 valence electrons. The maximum Gasteiger partial charge on any atom is 0.335 e. The van der Waals surface area contributed by atoms with Crippen molar-refractivity contribution in [2.24, 2.45) is 5.92 Å². The lowest BCUT2D eigenvalue weighted by atomic mass is 9.79. The van der Waals surface area contributed by atoms with Gasteiger partial charge in [-0.1, -0.05) is 18.2 Å². The molecular weight excluding hydrogens is 454 g/mol. The second-order valence-corrected chi connectivity index (χ2v) is 9.39. The SMILES string of the molecule is O=C(O)[C@H](O)[C@@H](O)C(=O)O.[2H]C([2H])([2H])N1C[C@H](C(=O)N2[C@@H](C)C[C@@H]2C)C=C2c3cccc4[nH]cc(c34)C[C@H]21. The van der Waals surface area contributed by atoms with E-state index in [1.165, 1.54) is 0 Å². The summed E-state index contributed by atoms with van der Waals surface area (Å²) in [6.45, 7) is 2.13. The number of hydrogen-bond acceptors (Lipinski definition) is 6. The zero-order valence-corrected chi connectivity index (χ0v) is 19.4. The highest BCUT2D eigenvalue weighted by Crippen LogP contribution is 2.41. The maximum absolute atomic E-state index is 13.3. The molecule has 0 saturated carbocycles. The molecule has 2 aromatic rings. The second-order valence-electron chi connectivity index (χ2n) is 9.39. The number of carboxylic acids is 2. The number of amides is 1. The van der Waals surface area contributed by atoms with Crippen LogP contribution in [0.4, 0.5) is 0 Å². The molecule has 5 N–H and O–H groups in total. The average molecular weight is 489 g/mol. The topological polar surface area (TPSA) is 154 Å². The van der Waals surface area contributed by atoms with Gasteiger partial charge >= 0.3 is 11.9 Å². The highest BCUT2D eigenvalue weighted by atomic mass is 16.4. The molecule has 0 radical (unpaired) electrons. The van der Waals surface area contributed by atoms with Crippen LogP contribution in [0.5, 0.6) is 0 Å². The third kappa shape index (κ3) is 4.44. The summed E-state index contributed by atoms with van der Waals surface area (Å²) in [6.07, 6.45) is 1.17. The molecule has 3 heterocycles. The molecule has 6 atom stereocenters. The number of carbonyl (C=O) groups is 3. The van der Waals surface area contributed by atoms with Crippen LogP contribution in [0.25, 0.3) is 16.5 Å². The van der Waals surface area contributed by atoms with Crippen molar-refractivity contribution in [3.8, 4) is 0 Å². The number of likely N-dealkylation sites (tertiary alicyclic amines) is 1. The van der Waals surface area contributed by atoms with Gasteiger partial charge in [-0.2, -0.15) is 0 Å². The number of likely N-dealkylation sites (N-methyl/N-ethyl adjacent to an activating group) is 1. The van der Waals surface area contributed by atoms with Crippen LogP contribution in [-0.4, -0.2) is 96.9 Å². The molecule has 1 amide bonds. The Morgan fingerprint density at radius 1 is 1.11 bits per heavy atom. The number of aromatic nitrogens is 1. The fraction of sp³-hybridized carbons (Fsp3) is 0.480. The number of aliphatic carboxylic acids is 2. The van der Waals surface area contributed by atoms with E-state index in [1.807, 2.05) is 23.2 Å². The molecule has 1 aromatic heterocycles. The van der Waals surface area contributed by atoms with Crippen molar-refractivity contribution >= 4 is 34.3 Å². The summed E-state index contributed by atoms with van der Waals surface area (Å²) in [6, 6.07) is 6.32. The van der Waals surface area contributed by atoms with Gasteiger partial charge in [0.05, 0.1) is 5.92 Å². The molecular formula is C25H31N3O7. The third-order valence-corrected chi connectivity index (χ3v) is 7.03. The number of benzene rings is 1. The van der Waals surface area contributed by atoms with Crippen molar-refractivity contribution in [2.75, 3.05) is 13.5 Å². The molecule has 0 bridgehead atoms. The summed E-state index contributed by atoms with van der Waals surface area (Å²) >= 11 is 0. The molecule has 2 aliphatic heterocycles. The predicted octanol–water partition coefficient (Wildman–Crippen LogP) is 0.924. The van der Waals surface area contributed by atoms with Gasteiger partial charge in [0.1, 0.15) is 0 Å². The Bertz CT molecular complexity index is 1260. The number of nitrogens with zero attached hydrogens (tertiary/aromatic N) is 2. The summed E-state index contributed by atoms with van der Waals surface area (Å²) in [7, 11) is 0. The van der Waals surface area contributed by atoms with Crippen LogP contribution in [0.3, 0.4) is 0 Å². The minimum atomic E-state index is -2.27. The Morgan fingerprint density at radius 3 is 2.34 bits per heavy atom. The van der Waals surface area contributed by atoms with E-state index in [1.54, 1.807) is 4.90 Å². The summed E-state index contributed by atoms with van der Waals surface area (Å²) in [5.41, 5.74) is 4.25. The lowest BCUT2D eigenvalue weighted by Gasteiger charge is -2.48. The number of carboxylic acid groups (broad SMARTS) is 2.